The van der Waals surface area contributed by atoms with E-state index < -0.39 is 0 Å². The molecule has 0 spiro atoms. The molecule has 2 aliphatic heterocycles. The fraction of sp³-hybridized carbons (Fsp3) is 0.333. The van der Waals surface area contributed by atoms with Gasteiger partial charge in [-0.2, -0.15) is 0 Å². The molecule has 45 heavy (non-hydrogen) atoms. The molecular weight excluding hydrogens is 589 g/mol. The zero-order chi connectivity index (χ0) is 31.4. The van der Waals surface area contributed by atoms with E-state index in [0.29, 0.717) is 0 Å². The van der Waals surface area contributed by atoms with Gasteiger partial charge in [-0.05, 0) is 102 Å². The summed E-state index contributed by atoms with van der Waals surface area (Å²) in [6.07, 6.45) is 23.8. The van der Waals surface area contributed by atoms with E-state index in [2.05, 4.69) is 126 Å². The molecule has 5 rings (SSSR count). The second kappa shape index (κ2) is 16.7. The molecule has 0 N–H and O–H groups in total. The van der Waals surface area contributed by atoms with Crippen molar-refractivity contribution in [2.45, 2.75) is 39.2 Å². The zero-order valence-electron chi connectivity index (χ0n) is 27.1. The number of hydrogen-bond donors (Lipinski definition) is 0. The van der Waals surface area contributed by atoms with Crippen LogP contribution in [0.1, 0.15) is 46.2 Å². The van der Waals surface area contributed by atoms with Crippen molar-refractivity contribution in [3.05, 3.63) is 119 Å². The highest BCUT2D eigenvalue weighted by molar-refractivity contribution is 8.76. The van der Waals surface area contributed by atoms with Gasteiger partial charge in [-0.15, -0.1) is 0 Å². The van der Waals surface area contributed by atoms with Crippen molar-refractivity contribution in [1.82, 2.24) is 0 Å². The van der Waals surface area contributed by atoms with Crippen molar-refractivity contribution in [2.24, 2.45) is 4.99 Å². The molecule has 1 aromatic heterocycles. The van der Waals surface area contributed by atoms with Gasteiger partial charge in [-0.3, -0.25) is 4.99 Å². The Hall–Kier alpha value is -3.48. The molecule has 6 heteroatoms. The topological polar surface area (TPSA) is 22.7 Å². The molecule has 0 aliphatic carbocycles. The number of hydrogen-bond acceptors (Lipinski definition) is 5. The molecule has 2 aliphatic rings. The minimum absolute atomic E-state index is 0.814. The van der Waals surface area contributed by atoms with E-state index in [4.69, 9.17) is 0 Å². The summed E-state index contributed by atoms with van der Waals surface area (Å²) < 4.78 is 2.26. The normalized spacial score (nSPS) is 15.3. The maximum Gasteiger partial charge on any atom is 0.169 e. The summed E-state index contributed by atoms with van der Waals surface area (Å²) in [6, 6.07) is 15.9. The van der Waals surface area contributed by atoms with E-state index in [1.807, 2.05) is 40.0 Å². The third-order valence-electron chi connectivity index (χ3n) is 8.54. The van der Waals surface area contributed by atoms with Crippen LogP contribution in [0, 0.1) is 6.92 Å². The zero-order valence-corrected chi connectivity index (χ0v) is 28.8. The number of pyridine rings is 1. The first kappa shape index (κ1) is 32.9. The van der Waals surface area contributed by atoms with E-state index in [9.17, 15) is 0 Å². The number of benzene rings is 2. The average molecular weight is 636 g/mol. The van der Waals surface area contributed by atoms with Crippen LogP contribution < -0.4 is 14.4 Å². The summed E-state index contributed by atoms with van der Waals surface area (Å²) in [6.45, 7) is 10.3. The Kier molecular flexibility index (Phi) is 12.2. The molecule has 234 valence electrons. The van der Waals surface area contributed by atoms with Gasteiger partial charge in [0.2, 0.25) is 0 Å². The fourth-order valence-corrected chi connectivity index (χ4v) is 7.75. The van der Waals surface area contributed by atoms with Crippen LogP contribution in [-0.4, -0.2) is 51.4 Å². The lowest BCUT2D eigenvalue weighted by Gasteiger charge is -2.28. The van der Waals surface area contributed by atoms with Gasteiger partial charge in [0.25, 0.3) is 0 Å². The maximum atomic E-state index is 4.59. The molecule has 3 heterocycles. The highest BCUT2D eigenvalue weighted by Gasteiger charge is 2.15. The van der Waals surface area contributed by atoms with Crippen LogP contribution in [0.25, 0.3) is 18.2 Å². The van der Waals surface area contributed by atoms with Gasteiger partial charge < -0.3 is 9.80 Å². The lowest BCUT2D eigenvalue weighted by atomic mass is 9.96. The molecule has 4 nitrogen and oxygen atoms in total. The van der Waals surface area contributed by atoms with Gasteiger partial charge in [0.05, 0.1) is 5.75 Å². The molecular formula is C39H47N4S2+. The molecule has 0 bridgehead atoms. The third-order valence-corrected chi connectivity index (χ3v) is 10.9. The number of aromatic nitrogens is 1. The van der Waals surface area contributed by atoms with Crippen LogP contribution in [0.4, 0.5) is 11.4 Å². The number of aryl methyl sites for hydroxylation is 4. The Morgan fingerprint density at radius 1 is 0.867 bits per heavy atom. The largest absolute Gasteiger partial charge is 0.374 e. The minimum atomic E-state index is 0.814. The van der Waals surface area contributed by atoms with E-state index in [1.54, 1.807) is 0 Å². The Bertz CT molecular complexity index is 1570. The summed E-state index contributed by atoms with van der Waals surface area (Å²) in [7, 11) is 8.19. The first-order chi connectivity index (χ1) is 22.0. The number of fused-ring (bicyclic) bond motifs is 2. The van der Waals surface area contributed by atoms with Gasteiger partial charge in [0, 0.05) is 69.2 Å². The van der Waals surface area contributed by atoms with Gasteiger partial charge in [0.1, 0.15) is 0 Å². The van der Waals surface area contributed by atoms with Crippen LogP contribution >= 0.6 is 21.6 Å². The Balaban J connectivity index is 0.989. The van der Waals surface area contributed by atoms with Crippen LogP contribution in [-0.2, 0) is 19.4 Å². The SMILES string of the molecule is C=CC(/C=C/c1cc2c(cc1C)N(C)CCC2)=C\C=NCCSSCC[n+]1ccc(/C=C/c2ccc3c(c2)CCCN3C)cc1. The van der Waals surface area contributed by atoms with Crippen molar-refractivity contribution in [2.75, 3.05) is 55.0 Å². The highest BCUT2D eigenvalue weighted by Crippen LogP contribution is 2.30. The van der Waals surface area contributed by atoms with Gasteiger partial charge in [-0.1, -0.05) is 64.6 Å². The smallest absolute Gasteiger partial charge is 0.169 e. The minimum Gasteiger partial charge on any atom is -0.374 e. The maximum absolute atomic E-state index is 4.59. The number of nitrogens with zero attached hydrogens (tertiary/aromatic N) is 4. The first-order valence-corrected chi connectivity index (χ1v) is 18.6. The van der Waals surface area contributed by atoms with E-state index in [1.165, 1.54) is 64.0 Å². The Morgan fingerprint density at radius 2 is 1.58 bits per heavy atom. The molecule has 0 amide bonds. The van der Waals surface area contributed by atoms with E-state index >= 15 is 0 Å². The fourth-order valence-electron chi connectivity index (χ4n) is 5.89. The van der Waals surface area contributed by atoms with Crippen LogP contribution in [0.15, 0.2) is 90.2 Å². The van der Waals surface area contributed by atoms with Crippen molar-refractivity contribution in [3.63, 3.8) is 0 Å². The van der Waals surface area contributed by atoms with Crippen LogP contribution in [0.5, 0.6) is 0 Å². The number of allylic oxidation sites excluding steroid dienone is 4. The van der Waals surface area contributed by atoms with E-state index in [-0.39, 0.29) is 0 Å². The molecule has 0 atom stereocenters. The second-order valence-electron chi connectivity index (χ2n) is 11.9. The highest BCUT2D eigenvalue weighted by atomic mass is 33.1. The second-order valence-corrected chi connectivity index (χ2v) is 14.6. The summed E-state index contributed by atoms with van der Waals surface area (Å²) >= 11 is 0. The lowest BCUT2D eigenvalue weighted by Crippen LogP contribution is -2.33. The van der Waals surface area contributed by atoms with Crippen molar-refractivity contribution < 1.29 is 4.57 Å². The van der Waals surface area contributed by atoms with Crippen molar-refractivity contribution in [1.29, 1.82) is 0 Å². The van der Waals surface area contributed by atoms with Gasteiger partial charge in [0.15, 0.2) is 18.9 Å². The van der Waals surface area contributed by atoms with Gasteiger partial charge >= 0.3 is 0 Å². The van der Waals surface area contributed by atoms with E-state index in [0.717, 1.165) is 49.7 Å². The number of rotatable bonds is 13. The molecule has 0 saturated carbocycles. The third kappa shape index (κ3) is 9.51. The molecule has 2 aromatic carbocycles. The molecule has 0 fully saturated rings. The van der Waals surface area contributed by atoms with Crippen LogP contribution in [0.2, 0.25) is 0 Å². The summed E-state index contributed by atoms with van der Waals surface area (Å²) in [5, 5.41) is 0. The van der Waals surface area contributed by atoms with Crippen LogP contribution in [0.3, 0.4) is 0 Å². The quantitative estimate of drug-likeness (QED) is 0.0618. The van der Waals surface area contributed by atoms with Gasteiger partial charge in [-0.25, -0.2) is 4.57 Å². The summed E-state index contributed by atoms with van der Waals surface area (Å²) in [5.74, 6) is 2.08. The number of aliphatic imine (C=N–C) groups is 1. The molecule has 0 radical (unpaired) electrons. The van der Waals surface area contributed by atoms with Crippen molar-refractivity contribution in [3.8, 4) is 0 Å². The monoisotopic (exact) mass is 635 g/mol. The first-order valence-electron chi connectivity index (χ1n) is 16.1. The Labute approximate surface area is 278 Å². The molecule has 0 saturated heterocycles. The number of anilines is 2. The predicted molar refractivity (Wildman–Crippen MR) is 202 cm³/mol. The summed E-state index contributed by atoms with van der Waals surface area (Å²) in [4.78, 5) is 9.32. The van der Waals surface area contributed by atoms with Crippen molar-refractivity contribution >= 4 is 57.4 Å². The molecule has 3 aromatic rings. The standard InChI is InChI=1S/C39H47N4S2/c1-5-32(12-14-35-30-37-9-7-22-42(4)39(37)28-31(35)2)16-19-40-20-26-44-45-27-25-43-23-17-33(18-24-43)10-11-34-13-15-38-36(29-34)8-6-21-41(38)3/h5,10-19,23-24,28-30H,1,6-9,20-22,25-27H2,2-4H3/q+1/b14-12+,32-16+,40-19?. The Morgan fingerprint density at radius 3 is 2.36 bits per heavy atom. The predicted octanol–water partition coefficient (Wildman–Crippen LogP) is 8.50. The lowest BCUT2D eigenvalue weighted by molar-refractivity contribution is -0.692. The molecule has 0 unspecified atom stereocenters. The average Bonchev–Trinajstić information content (AvgIpc) is 3.05. The summed E-state index contributed by atoms with van der Waals surface area (Å²) in [5.41, 5.74) is 11.8.